The molecule has 0 aliphatic carbocycles. The predicted octanol–water partition coefficient (Wildman–Crippen LogP) is 5.18. The molecule has 6 nitrogen and oxygen atoms in total. The molecule has 0 aliphatic heterocycles. The molecule has 3 aromatic rings. The van der Waals surface area contributed by atoms with Gasteiger partial charge in [0.05, 0.1) is 5.02 Å². The molecule has 0 saturated carbocycles. The van der Waals surface area contributed by atoms with Crippen LogP contribution in [0.4, 0.5) is 0 Å². The Balaban J connectivity index is 1.91. The fourth-order valence-corrected chi connectivity index (χ4v) is 3.23. The van der Waals surface area contributed by atoms with Crippen LogP contribution in [0.15, 0.2) is 42.5 Å². The normalized spacial score (nSPS) is 11.4. The number of rotatable bonds is 6. The van der Waals surface area contributed by atoms with Gasteiger partial charge in [-0.15, -0.1) is 0 Å². The van der Waals surface area contributed by atoms with Gasteiger partial charge in [-0.2, -0.15) is 9.97 Å². The van der Waals surface area contributed by atoms with E-state index in [0.717, 1.165) is 24.0 Å². The van der Waals surface area contributed by atoms with Gasteiger partial charge in [0.15, 0.2) is 11.6 Å². The molecule has 2 aromatic carbocycles. The van der Waals surface area contributed by atoms with Gasteiger partial charge in [-0.05, 0) is 29.7 Å². The van der Waals surface area contributed by atoms with Gasteiger partial charge in [0, 0.05) is 23.1 Å². The van der Waals surface area contributed by atoms with E-state index in [0.29, 0.717) is 23.0 Å². The quantitative estimate of drug-likeness (QED) is 0.553. The molecule has 2 N–H and O–H groups in total. The van der Waals surface area contributed by atoms with E-state index in [1.54, 1.807) is 6.07 Å². The molecule has 1 heterocycles. The van der Waals surface area contributed by atoms with E-state index in [4.69, 9.17) is 11.6 Å². The molecular weight excluding hydrogens is 412 g/mol. The van der Waals surface area contributed by atoms with E-state index in [1.165, 1.54) is 5.56 Å². The van der Waals surface area contributed by atoms with Crippen molar-refractivity contribution < 1.29 is 9.90 Å². The Labute approximate surface area is 187 Å². The van der Waals surface area contributed by atoms with Crippen LogP contribution in [0.5, 0.6) is 6.01 Å². The van der Waals surface area contributed by atoms with Gasteiger partial charge in [0.1, 0.15) is 0 Å². The SMILES string of the molecule is CCCc1ccc(-c2nc(O)nc(-c3cc(CNC(=O)C(C)(C)C)ccc3Cl)n2)cc1. The molecule has 0 spiro atoms. The van der Waals surface area contributed by atoms with Crippen LogP contribution < -0.4 is 5.32 Å². The van der Waals surface area contributed by atoms with Crippen molar-refractivity contribution in [1.82, 2.24) is 20.3 Å². The van der Waals surface area contributed by atoms with E-state index in [9.17, 15) is 9.90 Å². The Morgan fingerprint density at radius 1 is 1.00 bits per heavy atom. The van der Waals surface area contributed by atoms with E-state index in [2.05, 4.69) is 27.2 Å². The summed E-state index contributed by atoms with van der Waals surface area (Å²) in [4.78, 5) is 24.9. The standard InChI is InChI=1S/C24H27ClN4O2/c1-5-6-15-7-10-17(11-8-15)20-27-21(29-23(31)28-20)18-13-16(9-12-19(18)25)14-26-22(30)24(2,3)4/h7-13H,5-6,14H2,1-4H3,(H,26,30)(H,27,28,29,31). The molecule has 0 aliphatic rings. The van der Waals surface area contributed by atoms with Crippen LogP contribution in [0, 0.1) is 5.41 Å². The van der Waals surface area contributed by atoms with E-state index >= 15 is 0 Å². The average molecular weight is 439 g/mol. The number of carbonyl (C=O) groups excluding carboxylic acids is 1. The van der Waals surface area contributed by atoms with Gasteiger partial charge in [-0.3, -0.25) is 4.79 Å². The van der Waals surface area contributed by atoms with Crippen molar-refractivity contribution in [2.75, 3.05) is 0 Å². The molecule has 162 valence electrons. The molecule has 0 atom stereocenters. The second-order valence-electron chi connectivity index (χ2n) is 8.48. The highest BCUT2D eigenvalue weighted by Crippen LogP contribution is 2.29. The van der Waals surface area contributed by atoms with E-state index < -0.39 is 5.41 Å². The highest BCUT2D eigenvalue weighted by atomic mass is 35.5. The zero-order valence-corrected chi connectivity index (χ0v) is 19.0. The van der Waals surface area contributed by atoms with Crippen molar-refractivity contribution in [3.63, 3.8) is 0 Å². The summed E-state index contributed by atoms with van der Waals surface area (Å²) >= 11 is 6.40. The number of carbonyl (C=O) groups is 1. The predicted molar refractivity (Wildman–Crippen MR) is 123 cm³/mol. The number of aromatic hydroxyl groups is 1. The minimum absolute atomic E-state index is 0.0457. The molecule has 0 saturated heterocycles. The lowest BCUT2D eigenvalue weighted by molar-refractivity contribution is -0.128. The van der Waals surface area contributed by atoms with Crippen molar-refractivity contribution in [3.05, 3.63) is 58.6 Å². The molecular formula is C24H27ClN4O2. The lowest BCUT2D eigenvalue weighted by atomic mass is 9.95. The molecule has 0 bridgehead atoms. The van der Waals surface area contributed by atoms with Gasteiger partial charge in [-0.25, -0.2) is 4.98 Å². The number of nitrogens with zero attached hydrogens (tertiary/aromatic N) is 3. The smallest absolute Gasteiger partial charge is 0.318 e. The Morgan fingerprint density at radius 2 is 1.65 bits per heavy atom. The van der Waals surface area contributed by atoms with E-state index in [-0.39, 0.29) is 17.7 Å². The average Bonchev–Trinajstić information content (AvgIpc) is 2.72. The Hall–Kier alpha value is -2.99. The molecule has 31 heavy (non-hydrogen) atoms. The van der Waals surface area contributed by atoms with Crippen molar-refractivity contribution in [3.8, 4) is 28.8 Å². The van der Waals surface area contributed by atoms with Crippen LogP contribution >= 0.6 is 11.6 Å². The maximum absolute atomic E-state index is 12.2. The first-order valence-corrected chi connectivity index (χ1v) is 10.7. The fourth-order valence-electron chi connectivity index (χ4n) is 3.02. The van der Waals surface area contributed by atoms with Crippen molar-refractivity contribution in [2.45, 2.75) is 47.1 Å². The maximum atomic E-state index is 12.2. The lowest BCUT2D eigenvalue weighted by Gasteiger charge is -2.18. The zero-order chi connectivity index (χ0) is 22.6. The van der Waals surface area contributed by atoms with Crippen molar-refractivity contribution in [1.29, 1.82) is 0 Å². The maximum Gasteiger partial charge on any atom is 0.318 e. The van der Waals surface area contributed by atoms with Gasteiger partial charge >= 0.3 is 6.01 Å². The summed E-state index contributed by atoms with van der Waals surface area (Å²) in [5.74, 6) is 0.595. The third-order valence-electron chi connectivity index (χ3n) is 4.78. The second-order valence-corrected chi connectivity index (χ2v) is 8.88. The number of aromatic nitrogens is 3. The summed E-state index contributed by atoms with van der Waals surface area (Å²) in [6.07, 6.45) is 2.07. The summed E-state index contributed by atoms with van der Waals surface area (Å²) in [6, 6.07) is 12.9. The Bertz CT molecular complexity index is 1080. The van der Waals surface area contributed by atoms with Gasteiger partial charge in [-0.1, -0.05) is 76.0 Å². The van der Waals surface area contributed by atoms with Crippen molar-refractivity contribution in [2.24, 2.45) is 5.41 Å². The third-order valence-corrected chi connectivity index (χ3v) is 5.11. The largest absolute Gasteiger partial charge is 0.479 e. The summed E-state index contributed by atoms with van der Waals surface area (Å²) in [5, 5.41) is 13.5. The van der Waals surface area contributed by atoms with Crippen LogP contribution in [0.25, 0.3) is 22.8 Å². The van der Waals surface area contributed by atoms with Crippen LogP contribution in [0.2, 0.25) is 5.02 Å². The molecule has 1 amide bonds. The zero-order valence-electron chi connectivity index (χ0n) is 18.2. The molecule has 3 rings (SSSR count). The molecule has 0 unspecified atom stereocenters. The summed E-state index contributed by atoms with van der Waals surface area (Å²) < 4.78 is 0. The first-order chi connectivity index (χ1) is 14.7. The summed E-state index contributed by atoms with van der Waals surface area (Å²) in [5.41, 5.74) is 2.95. The Morgan fingerprint density at radius 3 is 2.29 bits per heavy atom. The number of nitrogens with one attached hydrogen (secondary N) is 1. The topological polar surface area (TPSA) is 88.0 Å². The van der Waals surface area contributed by atoms with E-state index in [1.807, 2.05) is 57.2 Å². The summed E-state index contributed by atoms with van der Waals surface area (Å²) in [6.45, 7) is 8.07. The monoisotopic (exact) mass is 438 g/mol. The second kappa shape index (κ2) is 9.43. The number of halogens is 1. The van der Waals surface area contributed by atoms with Crippen molar-refractivity contribution >= 4 is 17.5 Å². The number of hydrogen-bond acceptors (Lipinski definition) is 5. The molecule has 7 heteroatoms. The van der Waals surface area contributed by atoms with Crippen LogP contribution in [-0.4, -0.2) is 26.0 Å². The Kier molecular flexibility index (Phi) is 6.91. The number of aryl methyl sites for hydroxylation is 1. The molecule has 0 fully saturated rings. The van der Waals surface area contributed by atoms with Gasteiger partial charge < -0.3 is 10.4 Å². The first kappa shape index (κ1) is 22.7. The van der Waals surface area contributed by atoms with Gasteiger partial charge in [0.2, 0.25) is 5.91 Å². The highest BCUT2D eigenvalue weighted by Gasteiger charge is 2.21. The van der Waals surface area contributed by atoms with Crippen LogP contribution in [0.3, 0.4) is 0 Å². The lowest BCUT2D eigenvalue weighted by Crippen LogP contribution is -2.34. The number of amides is 1. The first-order valence-electron chi connectivity index (χ1n) is 10.3. The molecule has 0 radical (unpaired) electrons. The number of hydrogen-bond donors (Lipinski definition) is 2. The van der Waals surface area contributed by atoms with Gasteiger partial charge in [0.25, 0.3) is 0 Å². The minimum Gasteiger partial charge on any atom is -0.479 e. The summed E-state index contributed by atoms with van der Waals surface area (Å²) in [7, 11) is 0. The minimum atomic E-state index is -0.475. The van der Waals surface area contributed by atoms with Crippen LogP contribution in [0.1, 0.15) is 45.2 Å². The fraction of sp³-hybridized carbons (Fsp3) is 0.333. The molecule has 1 aromatic heterocycles. The highest BCUT2D eigenvalue weighted by molar-refractivity contribution is 6.33. The third kappa shape index (κ3) is 5.79. The number of benzene rings is 2. The van der Waals surface area contributed by atoms with Crippen LogP contribution in [-0.2, 0) is 17.8 Å².